The smallest absolute Gasteiger partial charge is 0.291 e. The fraction of sp³-hybridized carbons (Fsp3) is 0.0952. The van der Waals surface area contributed by atoms with E-state index in [1.807, 2.05) is 54.6 Å². The zero-order valence-electron chi connectivity index (χ0n) is 14.9. The predicted octanol–water partition coefficient (Wildman–Crippen LogP) is 3.19. The first-order valence-corrected chi connectivity index (χ1v) is 9.24. The van der Waals surface area contributed by atoms with Crippen LogP contribution in [0.2, 0.25) is 0 Å². The molecule has 2 aromatic carbocycles. The van der Waals surface area contributed by atoms with Crippen LogP contribution in [0.15, 0.2) is 53.3 Å². The lowest BCUT2D eigenvalue weighted by molar-refractivity contribution is 0.414. The molecule has 0 spiro atoms. The first-order valence-electron chi connectivity index (χ1n) is 8.42. The highest BCUT2D eigenvalue weighted by Gasteiger charge is 2.09. The Hall–Kier alpha value is -3.25. The second-order valence-corrected chi connectivity index (χ2v) is 7.11. The summed E-state index contributed by atoms with van der Waals surface area (Å²) in [5.74, 6) is 1.27. The molecule has 2 aromatic heterocycles. The van der Waals surface area contributed by atoms with E-state index in [1.54, 1.807) is 7.11 Å². The van der Waals surface area contributed by atoms with Crippen molar-refractivity contribution in [1.29, 1.82) is 0 Å². The zero-order chi connectivity index (χ0) is 18.8. The maximum Gasteiger partial charge on any atom is 0.291 e. The summed E-state index contributed by atoms with van der Waals surface area (Å²) in [6, 6.07) is 15.7. The van der Waals surface area contributed by atoms with Crippen molar-refractivity contribution < 1.29 is 4.74 Å². The largest absolute Gasteiger partial charge is 0.497 e. The molecule has 27 heavy (non-hydrogen) atoms. The van der Waals surface area contributed by atoms with E-state index >= 15 is 0 Å². The molecule has 2 heterocycles. The number of benzene rings is 2. The number of thiazole rings is 1. The third kappa shape index (κ3) is 3.66. The Labute approximate surface area is 159 Å². The fourth-order valence-corrected chi connectivity index (χ4v) is 3.57. The zero-order valence-corrected chi connectivity index (χ0v) is 15.7. The summed E-state index contributed by atoms with van der Waals surface area (Å²) in [5.41, 5.74) is 3.01. The van der Waals surface area contributed by atoms with Gasteiger partial charge in [-0.1, -0.05) is 59.4 Å². The first-order chi connectivity index (χ1) is 13.1. The molecule has 6 heteroatoms. The average molecular weight is 375 g/mol. The van der Waals surface area contributed by atoms with Crippen LogP contribution in [0.1, 0.15) is 22.5 Å². The van der Waals surface area contributed by atoms with Gasteiger partial charge in [0.15, 0.2) is 5.82 Å². The van der Waals surface area contributed by atoms with Crippen LogP contribution in [-0.2, 0) is 0 Å². The number of methoxy groups -OCH3 is 1. The van der Waals surface area contributed by atoms with Gasteiger partial charge in [-0.2, -0.15) is 9.50 Å². The molecule has 0 atom stereocenters. The second kappa shape index (κ2) is 7.17. The Kier molecular flexibility index (Phi) is 4.56. The number of ether oxygens (including phenoxy) is 1. The average Bonchev–Trinajstić information content (AvgIpc) is 3.21. The summed E-state index contributed by atoms with van der Waals surface area (Å²) in [4.78, 5) is 17.6. The van der Waals surface area contributed by atoms with E-state index in [4.69, 9.17) is 4.74 Å². The molecule has 0 saturated heterocycles. The molecule has 134 valence electrons. The highest BCUT2D eigenvalue weighted by Crippen LogP contribution is 2.13. The number of aryl methyl sites for hydroxylation is 1. The van der Waals surface area contributed by atoms with Gasteiger partial charge in [0, 0.05) is 0 Å². The molecule has 0 fully saturated rings. The van der Waals surface area contributed by atoms with Gasteiger partial charge in [0.1, 0.15) is 5.75 Å². The number of hydrogen-bond acceptors (Lipinski definition) is 5. The normalized spacial score (nSPS) is 12.3. The highest BCUT2D eigenvalue weighted by atomic mass is 32.1. The summed E-state index contributed by atoms with van der Waals surface area (Å²) in [7, 11) is 1.62. The van der Waals surface area contributed by atoms with Crippen molar-refractivity contribution in [2.24, 2.45) is 0 Å². The lowest BCUT2D eigenvalue weighted by Gasteiger charge is -1.99. The van der Waals surface area contributed by atoms with Gasteiger partial charge in [-0.25, -0.2) is 0 Å². The molecule has 5 nitrogen and oxygen atoms in total. The van der Waals surface area contributed by atoms with Gasteiger partial charge in [-0.05, 0) is 42.3 Å². The van der Waals surface area contributed by atoms with E-state index in [1.165, 1.54) is 21.4 Å². The molecular formula is C21H17N3O2S. The Morgan fingerprint density at radius 1 is 1.07 bits per heavy atom. The first kappa shape index (κ1) is 17.2. The van der Waals surface area contributed by atoms with Crippen molar-refractivity contribution >= 4 is 34.5 Å². The molecule has 4 aromatic rings. The summed E-state index contributed by atoms with van der Waals surface area (Å²) >= 11 is 1.32. The van der Waals surface area contributed by atoms with Crippen molar-refractivity contribution in [2.75, 3.05) is 7.11 Å². The Bertz CT molecular complexity index is 1240. The van der Waals surface area contributed by atoms with Gasteiger partial charge >= 0.3 is 0 Å². The van der Waals surface area contributed by atoms with Gasteiger partial charge in [0.25, 0.3) is 5.56 Å². The highest BCUT2D eigenvalue weighted by molar-refractivity contribution is 7.15. The van der Waals surface area contributed by atoms with Crippen LogP contribution in [-0.4, -0.2) is 21.7 Å². The maximum atomic E-state index is 12.6. The molecule has 4 rings (SSSR count). The van der Waals surface area contributed by atoms with Gasteiger partial charge < -0.3 is 4.74 Å². The van der Waals surface area contributed by atoms with Crippen LogP contribution in [0.25, 0.3) is 23.2 Å². The van der Waals surface area contributed by atoms with Crippen LogP contribution < -0.4 is 14.8 Å². The van der Waals surface area contributed by atoms with E-state index in [-0.39, 0.29) is 5.56 Å². The van der Waals surface area contributed by atoms with Gasteiger partial charge in [0.2, 0.25) is 4.96 Å². The van der Waals surface area contributed by atoms with Crippen LogP contribution in [0.4, 0.5) is 0 Å². The van der Waals surface area contributed by atoms with Crippen LogP contribution in [0.5, 0.6) is 5.75 Å². The van der Waals surface area contributed by atoms with E-state index in [9.17, 15) is 4.79 Å². The van der Waals surface area contributed by atoms with E-state index in [0.717, 1.165) is 16.9 Å². The molecule has 0 amide bonds. The Morgan fingerprint density at radius 2 is 1.89 bits per heavy atom. The molecule has 0 N–H and O–H groups in total. The van der Waals surface area contributed by atoms with E-state index in [2.05, 4.69) is 29.1 Å². The third-order valence-electron chi connectivity index (χ3n) is 4.09. The van der Waals surface area contributed by atoms with Crippen LogP contribution in [0, 0.1) is 6.92 Å². The standard InChI is InChI=1S/C21H17N3O2S/c1-14-6-8-15(9-7-14)10-11-19-22-21-24(23-19)20(25)18(27-21)13-16-4-3-5-17(12-16)26-2/h3-13H,1-2H3/b11-10+,18-13+. The van der Waals surface area contributed by atoms with Crippen molar-refractivity contribution in [3.05, 3.63) is 85.9 Å². The topological polar surface area (TPSA) is 56.5 Å². The van der Waals surface area contributed by atoms with E-state index < -0.39 is 0 Å². The second-order valence-electron chi connectivity index (χ2n) is 6.10. The minimum Gasteiger partial charge on any atom is -0.497 e. The SMILES string of the molecule is COc1cccc(/C=c2/sc3nc(/C=C/c4ccc(C)cc4)nn3c2=O)c1. The number of nitrogens with zero attached hydrogens (tertiary/aromatic N) is 3. The molecule has 0 saturated carbocycles. The molecule has 0 aliphatic heterocycles. The van der Waals surface area contributed by atoms with Gasteiger partial charge in [-0.3, -0.25) is 4.79 Å². The number of aromatic nitrogens is 3. The minimum atomic E-state index is -0.166. The fourth-order valence-electron chi connectivity index (χ4n) is 2.65. The monoisotopic (exact) mass is 375 g/mol. The van der Waals surface area contributed by atoms with Gasteiger partial charge in [0.05, 0.1) is 11.6 Å². The summed E-state index contributed by atoms with van der Waals surface area (Å²) in [6.45, 7) is 2.05. The lowest BCUT2D eigenvalue weighted by atomic mass is 10.1. The summed E-state index contributed by atoms with van der Waals surface area (Å²) < 4.78 is 7.16. The molecule has 0 bridgehead atoms. The van der Waals surface area contributed by atoms with Crippen molar-refractivity contribution in [3.8, 4) is 5.75 Å². The molecule has 0 aliphatic carbocycles. The minimum absolute atomic E-state index is 0.166. The summed E-state index contributed by atoms with van der Waals surface area (Å²) in [6.07, 6.45) is 5.58. The van der Waals surface area contributed by atoms with Crippen molar-refractivity contribution in [2.45, 2.75) is 6.92 Å². The van der Waals surface area contributed by atoms with Gasteiger partial charge in [-0.15, -0.1) is 5.10 Å². The van der Waals surface area contributed by atoms with Crippen LogP contribution >= 0.6 is 11.3 Å². The number of hydrogen-bond donors (Lipinski definition) is 0. The van der Waals surface area contributed by atoms with Crippen molar-refractivity contribution in [1.82, 2.24) is 14.6 Å². The Morgan fingerprint density at radius 3 is 2.63 bits per heavy atom. The van der Waals surface area contributed by atoms with Crippen molar-refractivity contribution in [3.63, 3.8) is 0 Å². The quantitative estimate of drug-likeness (QED) is 0.550. The number of fused-ring (bicyclic) bond motifs is 1. The molecule has 0 unspecified atom stereocenters. The molecule has 0 radical (unpaired) electrons. The van der Waals surface area contributed by atoms with Crippen LogP contribution in [0.3, 0.4) is 0 Å². The third-order valence-corrected chi connectivity index (χ3v) is 5.05. The number of rotatable bonds is 4. The molecular weight excluding hydrogens is 358 g/mol. The summed E-state index contributed by atoms with van der Waals surface area (Å²) in [5, 5.41) is 4.31. The maximum absolute atomic E-state index is 12.6. The molecule has 0 aliphatic rings. The Balaban J connectivity index is 1.66. The lowest BCUT2D eigenvalue weighted by Crippen LogP contribution is -2.23. The predicted molar refractivity (Wildman–Crippen MR) is 109 cm³/mol. The van der Waals surface area contributed by atoms with E-state index in [0.29, 0.717) is 15.3 Å².